The second-order valence-electron chi connectivity index (χ2n) is 5.84. The summed E-state index contributed by atoms with van der Waals surface area (Å²) in [6, 6.07) is 10.5. The van der Waals surface area contributed by atoms with Crippen LogP contribution in [0.2, 0.25) is 0 Å². The first-order chi connectivity index (χ1) is 11.9. The lowest BCUT2D eigenvalue weighted by Crippen LogP contribution is -2.41. The van der Waals surface area contributed by atoms with Crippen molar-refractivity contribution in [2.75, 3.05) is 0 Å². The van der Waals surface area contributed by atoms with Crippen LogP contribution >= 0.6 is 0 Å². The molecule has 25 heavy (non-hydrogen) atoms. The van der Waals surface area contributed by atoms with Gasteiger partial charge in [0, 0.05) is 11.1 Å². The van der Waals surface area contributed by atoms with Gasteiger partial charge in [0.2, 0.25) is 0 Å². The Balaban J connectivity index is 1.92. The number of carbonyl (C=O) groups excluding carboxylic acids is 2. The van der Waals surface area contributed by atoms with Gasteiger partial charge in [-0.3, -0.25) is 9.69 Å². The van der Waals surface area contributed by atoms with Crippen LogP contribution in [-0.4, -0.2) is 16.8 Å². The minimum absolute atomic E-state index is 0.0381. The van der Waals surface area contributed by atoms with Crippen LogP contribution in [-0.2, 0) is 16.9 Å². The van der Waals surface area contributed by atoms with Crippen molar-refractivity contribution in [3.8, 4) is 6.07 Å². The predicted octanol–water partition coefficient (Wildman–Crippen LogP) is 2.80. The Morgan fingerprint density at radius 3 is 2.52 bits per heavy atom. The van der Waals surface area contributed by atoms with E-state index in [0.29, 0.717) is 0 Å². The molecule has 1 atom stereocenters. The summed E-state index contributed by atoms with van der Waals surface area (Å²) in [5, 5.41) is 11.2. The largest absolute Gasteiger partial charge is 0.325 e. The van der Waals surface area contributed by atoms with Crippen LogP contribution in [0.5, 0.6) is 0 Å². The summed E-state index contributed by atoms with van der Waals surface area (Å²) in [6.45, 7) is 1.09. The van der Waals surface area contributed by atoms with Crippen molar-refractivity contribution in [3.05, 3.63) is 70.8 Å². The monoisotopic (exact) mass is 341 g/mol. The SMILES string of the molecule is CC1(c2ccccc2F)NC(=O)N(Cc2ccc(C#N)cc2F)C1=O. The first-order valence-electron chi connectivity index (χ1n) is 7.44. The molecule has 1 aliphatic heterocycles. The Labute approximate surface area is 142 Å². The summed E-state index contributed by atoms with van der Waals surface area (Å²) in [6.07, 6.45) is 0. The van der Waals surface area contributed by atoms with E-state index < -0.39 is 29.1 Å². The van der Waals surface area contributed by atoms with Crippen molar-refractivity contribution in [1.29, 1.82) is 5.26 Å². The Hall–Kier alpha value is -3.27. The van der Waals surface area contributed by atoms with Gasteiger partial charge >= 0.3 is 6.03 Å². The fourth-order valence-corrected chi connectivity index (χ4v) is 2.81. The summed E-state index contributed by atoms with van der Waals surface area (Å²) >= 11 is 0. The molecule has 1 aliphatic rings. The third kappa shape index (κ3) is 2.72. The molecule has 0 aromatic heterocycles. The number of benzene rings is 2. The van der Waals surface area contributed by atoms with Crippen molar-refractivity contribution >= 4 is 11.9 Å². The molecule has 0 bridgehead atoms. The molecule has 1 saturated heterocycles. The number of urea groups is 1. The van der Waals surface area contributed by atoms with E-state index in [2.05, 4.69) is 5.32 Å². The number of halogens is 2. The molecule has 0 spiro atoms. The summed E-state index contributed by atoms with van der Waals surface area (Å²) in [5.41, 5.74) is -1.31. The lowest BCUT2D eigenvalue weighted by atomic mass is 9.91. The van der Waals surface area contributed by atoms with E-state index in [1.165, 1.54) is 37.3 Å². The van der Waals surface area contributed by atoms with Crippen molar-refractivity contribution < 1.29 is 18.4 Å². The fraction of sp³-hybridized carbons (Fsp3) is 0.167. The first kappa shape index (κ1) is 16.6. The highest BCUT2D eigenvalue weighted by molar-refractivity contribution is 6.07. The number of nitrogens with zero attached hydrogens (tertiary/aromatic N) is 2. The number of imide groups is 1. The minimum atomic E-state index is -1.56. The number of nitrogens with one attached hydrogen (secondary N) is 1. The van der Waals surface area contributed by atoms with Gasteiger partial charge in [-0.05, 0) is 25.1 Å². The average Bonchev–Trinajstić information content (AvgIpc) is 2.80. The topological polar surface area (TPSA) is 73.2 Å². The number of amides is 3. The predicted molar refractivity (Wildman–Crippen MR) is 83.9 cm³/mol. The third-order valence-corrected chi connectivity index (χ3v) is 4.20. The average molecular weight is 341 g/mol. The second kappa shape index (κ2) is 5.98. The van der Waals surface area contributed by atoms with Gasteiger partial charge in [-0.2, -0.15) is 5.26 Å². The van der Waals surface area contributed by atoms with Crippen molar-refractivity contribution in [3.63, 3.8) is 0 Å². The molecule has 3 amide bonds. The van der Waals surface area contributed by atoms with E-state index in [4.69, 9.17) is 5.26 Å². The number of rotatable bonds is 3. The van der Waals surface area contributed by atoms with E-state index in [9.17, 15) is 18.4 Å². The highest BCUT2D eigenvalue weighted by Gasteiger charge is 2.50. The number of nitriles is 1. The zero-order valence-corrected chi connectivity index (χ0v) is 13.2. The highest BCUT2D eigenvalue weighted by atomic mass is 19.1. The molecule has 1 N–H and O–H groups in total. The van der Waals surface area contributed by atoms with E-state index in [0.717, 1.165) is 11.0 Å². The van der Waals surface area contributed by atoms with Gasteiger partial charge in [0.25, 0.3) is 5.91 Å². The van der Waals surface area contributed by atoms with Crippen LogP contribution in [0.25, 0.3) is 0 Å². The lowest BCUT2D eigenvalue weighted by molar-refractivity contribution is -0.131. The van der Waals surface area contributed by atoms with Crippen molar-refractivity contribution in [1.82, 2.24) is 10.2 Å². The lowest BCUT2D eigenvalue weighted by Gasteiger charge is -2.22. The Morgan fingerprint density at radius 1 is 1.16 bits per heavy atom. The van der Waals surface area contributed by atoms with Gasteiger partial charge in [0.1, 0.15) is 17.2 Å². The molecule has 3 rings (SSSR count). The quantitative estimate of drug-likeness (QED) is 0.873. The summed E-state index contributed by atoms with van der Waals surface area (Å²) < 4.78 is 28.1. The standard InChI is InChI=1S/C18H13F2N3O2/c1-18(13-4-2-3-5-14(13)19)16(24)23(17(25)22-18)10-12-7-6-11(9-21)8-15(12)20/h2-8H,10H2,1H3,(H,22,25). The smallest absolute Gasteiger partial charge is 0.319 e. The van der Waals surface area contributed by atoms with Crippen LogP contribution in [0.4, 0.5) is 13.6 Å². The molecule has 1 fully saturated rings. The molecule has 5 nitrogen and oxygen atoms in total. The van der Waals surface area contributed by atoms with Crippen LogP contribution < -0.4 is 5.32 Å². The molecular weight excluding hydrogens is 328 g/mol. The Morgan fingerprint density at radius 2 is 1.88 bits per heavy atom. The van der Waals surface area contributed by atoms with Gasteiger partial charge in [-0.15, -0.1) is 0 Å². The van der Waals surface area contributed by atoms with Crippen LogP contribution in [0, 0.1) is 23.0 Å². The molecular formula is C18H13F2N3O2. The number of carbonyl (C=O) groups is 2. The van der Waals surface area contributed by atoms with E-state index in [1.807, 2.05) is 0 Å². The fourth-order valence-electron chi connectivity index (χ4n) is 2.81. The van der Waals surface area contributed by atoms with E-state index in [1.54, 1.807) is 12.1 Å². The maximum atomic E-state index is 14.1. The van der Waals surface area contributed by atoms with Crippen LogP contribution in [0.3, 0.4) is 0 Å². The van der Waals surface area contributed by atoms with Gasteiger partial charge in [0.05, 0.1) is 18.2 Å². The van der Waals surface area contributed by atoms with Gasteiger partial charge < -0.3 is 5.32 Å². The molecule has 0 aliphatic carbocycles. The van der Waals surface area contributed by atoms with E-state index >= 15 is 0 Å². The molecule has 1 heterocycles. The third-order valence-electron chi connectivity index (χ3n) is 4.20. The van der Waals surface area contributed by atoms with Crippen molar-refractivity contribution in [2.45, 2.75) is 19.0 Å². The Kier molecular flexibility index (Phi) is 3.97. The van der Waals surface area contributed by atoms with Crippen LogP contribution in [0.1, 0.15) is 23.6 Å². The number of hydrogen-bond donors (Lipinski definition) is 1. The number of hydrogen-bond acceptors (Lipinski definition) is 3. The molecule has 0 saturated carbocycles. The zero-order chi connectivity index (χ0) is 18.2. The van der Waals surface area contributed by atoms with Gasteiger partial charge in [0.15, 0.2) is 0 Å². The minimum Gasteiger partial charge on any atom is -0.319 e. The summed E-state index contributed by atoms with van der Waals surface area (Å²) in [5.74, 6) is -1.99. The first-order valence-corrected chi connectivity index (χ1v) is 7.44. The molecule has 126 valence electrons. The van der Waals surface area contributed by atoms with E-state index in [-0.39, 0.29) is 23.2 Å². The second-order valence-corrected chi connectivity index (χ2v) is 5.84. The highest BCUT2D eigenvalue weighted by Crippen LogP contribution is 2.31. The van der Waals surface area contributed by atoms with Crippen LogP contribution in [0.15, 0.2) is 42.5 Å². The zero-order valence-electron chi connectivity index (χ0n) is 13.2. The Bertz CT molecular complexity index is 923. The van der Waals surface area contributed by atoms with Gasteiger partial charge in [-0.1, -0.05) is 24.3 Å². The van der Waals surface area contributed by atoms with Gasteiger partial charge in [-0.25, -0.2) is 13.6 Å². The molecule has 1 unspecified atom stereocenters. The van der Waals surface area contributed by atoms with Crippen molar-refractivity contribution in [2.24, 2.45) is 0 Å². The molecule has 0 radical (unpaired) electrons. The molecule has 2 aromatic rings. The molecule has 7 heteroatoms. The molecule has 2 aromatic carbocycles. The maximum absolute atomic E-state index is 14.1. The summed E-state index contributed by atoms with van der Waals surface area (Å²) in [4.78, 5) is 25.8. The summed E-state index contributed by atoms with van der Waals surface area (Å²) in [7, 11) is 0. The normalized spacial score (nSPS) is 19.7. The maximum Gasteiger partial charge on any atom is 0.325 e.